The number of carbonyl (C=O) groups excluding carboxylic acids is 3. The maximum atomic E-state index is 13.5. The molecule has 0 aliphatic carbocycles. The third-order valence-corrected chi connectivity index (χ3v) is 8.04. The fourth-order valence-electron chi connectivity index (χ4n) is 5.44. The van der Waals surface area contributed by atoms with Crippen LogP contribution < -0.4 is 20.7 Å². The molecule has 4 aromatic rings. The number of urea groups is 2. The monoisotopic (exact) mass is 609 g/mol. The van der Waals surface area contributed by atoms with Gasteiger partial charge in [0.1, 0.15) is 11.9 Å². The molecule has 3 atom stereocenters. The average Bonchev–Trinajstić information content (AvgIpc) is 3.08. The third-order valence-electron chi connectivity index (χ3n) is 8.04. The Morgan fingerprint density at radius 1 is 0.956 bits per heavy atom. The zero-order chi connectivity index (χ0) is 31.9. The minimum absolute atomic E-state index is 0.0202. The van der Waals surface area contributed by atoms with Gasteiger partial charge in [0.15, 0.2) is 0 Å². The summed E-state index contributed by atoms with van der Waals surface area (Å²) in [4.78, 5) is 42.8. The van der Waals surface area contributed by atoms with Crippen LogP contribution >= 0.6 is 0 Å². The van der Waals surface area contributed by atoms with Gasteiger partial charge >= 0.3 is 12.1 Å². The number of nitrogens with one attached hydrogen (secondary N) is 3. The smallest absolute Gasteiger partial charge is 0.323 e. The summed E-state index contributed by atoms with van der Waals surface area (Å²) in [5.41, 5.74) is 2.45. The SMILES string of the molecule is C[C@H]1CN([C@@H](C)CO)C(=O)Cc2cc(NC(=O)Nc3ccccc3)ccc2O[C@H]1CN(C)C(=O)Nc1cccc2ccccc12. The van der Waals surface area contributed by atoms with E-state index in [1.807, 2.05) is 67.6 Å². The highest BCUT2D eigenvalue weighted by atomic mass is 16.5. The molecular formula is C35H39N5O5. The van der Waals surface area contributed by atoms with Gasteiger partial charge in [-0.05, 0) is 48.7 Å². The number of hydrogen-bond acceptors (Lipinski definition) is 5. The topological polar surface area (TPSA) is 123 Å². The number of amides is 5. The molecule has 1 heterocycles. The molecule has 234 valence electrons. The summed E-state index contributed by atoms with van der Waals surface area (Å²) >= 11 is 0. The van der Waals surface area contributed by atoms with Gasteiger partial charge in [0.05, 0.1) is 31.3 Å². The van der Waals surface area contributed by atoms with E-state index in [4.69, 9.17) is 4.74 Å². The van der Waals surface area contributed by atoms with Crippen molar-refractivity contribution in [1.29, 1.82) is 0 Å². The van der Waals surface area contributed by atoms with Crippen LogP contribution in [-0.2, 0) is 11.2 Å². The van der Waals surface area contributed by atoms with Crippen LogP contribution in [0.5, 0.6) is 5.75 Å². The van der Waals surface area contributed by atoms with E-state index in [1.54, 1.807) is 54.1 Å². The second kappa shape index (κ2) is 14.1. The molecule has 0 spiro atoms. The number of likely N-dealkylation sites (N-methyl/N-ethyl adjacent to an activating group) is 1. The fraction of sp³-hybridized carbons (Fsp3) is 0.286. The molecule has 10 nitrogen and oxygen atoms in total. The molecule has 10 heteroatoms. The number of aliphatic hydroxyl groups is 1. The first-order valence-electron chi connectivity index (χ1n) is 15.0. The van der Waals surface area contributed by atoms with E-state index in [9.17, 15) is 19.5 Å². The summed E-state index contributed by atoms with van der Waals surface area (Å²) in [6, 6.07) is 26.8. The number of anilines is 3. The van der Waals surface area contributed by atoms with Crippen LogP contribution in [0.4, 0.5) is 26.7 Å². The molecule has 0 unspecified atom stereocenters. The van der Waals surface area contributed by atoms with Crippen LogP contribution in [0.3, 0.4) is 0 Å². The highest BCUT2D eigenvalue weighted by Crippen LogP contribution is 2.30. The number of para-hydroxylation sites is 1. The Hall–Kier alpha value is -5.09. The van der Waals surface area contributed by atoms with E-state index < -0.39 is 18.2 Å². The molecule has 0 radical (unpaired) electrons. The zero-order valence-corrected chi connectivity index (χ0v) is 25.7. The number of carbonyl (C=O) groups is 3. The van der Waals surface area contributed by atoms with Crippen LogP contribution in [0.2, 0.25) is 0 Å². The molecule has 0 aromatic heterocycles. The highest BCUT2D eigenvalue weighted by Gasteiger charge is 2.32. The number of nitrogens with zero attached hydrogens (tertiary/aromatic N) is 2. The number of benzene rings is 4. The molecule has 0 saturated heterocycles. The Bertz CT molecular complexity index is 1660. The number of aliphatic hydroxyl groups excluding tert-OH is 1. The highest BCUT2D eigenvalue weighted by molar-refractivity contribution is 6.01. The lowest BCUT2D eigenvalue weighted by atomic mass is 10.0. The Labute approximate surface area is 263 Å². The first-order chi connectivity index (χ1) is 21.7. The van der Waals surface area contributed by atoms with Crippen molar-refractivity contribution in [2.45, 2.75) is 32.4 Å². The Balaban J connectivity index is 1.36. The minimum atomic E-state index is -0.480. The van der Waals surface area contributed by atoms with Crippen molar-refractivity contribution in [2.24, 2.45) is 5.92 Å². The van der Waals surface area contributed by atoms with Crippen molar-refractivity contribution in [2.75, 3.05) is 42.7 Å². The van der Waals surface area contributed by atoms with Crippen molar-refractivity contribution in [3.05, 3.63) is 96.6 Å². The van der Waals surface area contributed by atoms with Gasteiger partial charge in [-0.1, -0.05) is 61.5 Å². The van der Waals surface area contributed by atoms with Gasteiger partial charge in [-0.15, -0.1) is 0 Å². The molecule has 0 fully saturated rings. The number of fused-ring (bicyclic) bond motifs is 2. The van der Waals surface area contributed by atoms with Crippen LogP contribution in [0, 0.1) is 5.92 Å². The lowest BCUT2D eigenvalue weighted by Crippen LogP contribution is -2.48. The van der Waals surface area contributed by atoms with Gasteiger partial charge in [0.2, 0.25) is 5.91 Å². The third kappa shape index (κ3) is 7.71. The fourth-order valence-corrected chi connectivity index (χ4v) is 5.44. The summed E-state index contributed by atoms with van der Waals surface area (Å²) in [5, 5.41) is 20.5. The summed E-state index contributed by atoms with van der Waals surface area (Å²) in [7, 11) is 1.71. The molecule has 0 bridgehead atoms. The van der Waals surface area contributed by atoms with Crippen LogP contribution in [0.15, 0.2) is 91.0 Å². The van der Waals surface area contributed by atoms with Crippen LogP contribution in [-0.4, -0.2) is 71.8 Å². The van der Waals surface area contributed by atoms with Crippen molar-refractivity contribution in [3.63, 3.8) is 0 Å². The van der Waals surface area contributed by atoms with Crippen molar-refractivity contribution in [3.8, 4) is 5.75 Å². The second-order valence-corrected chi connectivity index (χ2v) is 11.5. The van der Waals surface area contributed by atoms with E-state index >= 15 is 0 Å². The van der Waals surface area contributed by atoms with Crippen molar-refractivity contribution < 1.29 is 24.2 Å². The van der Waals surface area contributed by atoms with Gasteiger partial charge in [-0.3, -0.25) is 4.79 Å². The maximum Gasteiger partial charge on any atom is 0.323 e. The normalized spacial score (nSPS) is 17.2. The summed E-state index contributed by atoms with van der Waals surface area (Å²) < 4.78 is 6.54. The van der Waals surface area contributed by atoms with E-state index in [2.05, 4.69) is 16.0 Å². The first-order valence-corrected chi connectivity index (χ1v) is 15.0. The molecule has 5 rings (SSSR count). The summed E-state index contributed by atoms with van der Waals surface area (Å²) in [6.07, 6.45) is -0.460. The number of rotatable bonds is 7. The molecule has 4 N–H and O–H groups in total. The largest absolute Gasteiger partial charge is 0.488 e. The quantitative estimate of drug-likeness (QED) is 0.211. The maximum absolute atomic E-state index is 13.5. The van der Waals surface area contributed by atoms with E-state index in [-0.39, 0.29) is 37.4 Å². The van der Waals surface area contributed by atoms with Gasteiger partial charge < -0.3 is 35.6 Å². The molecule has 1 aliphatic rings. The lowest BCUT2D eigenvalue weighted by Gasteiger charge is -2.34. The molecule has 45 heavy (non-hydrogen) atoms. The second-order valence-electron chi connectivity index (χ2n) is 11.5. The van der Waals surface area contributed by atoms with E-state index in [1.165, 1.54) is 0 Å². The predicted octanol–water partition coefficient (Wildman–Crippen LogP) is 5.80. The van der Waals surface area contributed by atoms with E-state index in [0.717, 1.165) is 10.8 Å². The van der Waals surface area contributed by atoms with Gasteiger partial charge in [-0.2, -0.15) is 0 Å². The number of hydrogen-bond donors (Lipinski definition) is 4. The van der Waals surface area contributed by atoms with Gasteiger partial charge in [-0.25, -0.2) is 9.59 Å². The van der Waals surface area contributed by atoms with Gasteiger partial charge in [0, 0.05) is 41.8 Å². The Morgan fingerprint density at radius 2 is 1.67 bits per heavy atom. The summed E-state index contributed by atoms with van der Waals surface area (Å²) in [6.45, 7) is 4.16. The van der Waals surface area contributed by atoms with E-state index in [0.29, 0.717) is 34.9 Å². The van der Waals surface area contributed by atoms with Crippen LogP contribution in [0.25, 0.3) is 10.8 Å². The standard InChI is InChI=1S/C35H39N5O5/c1-23-20-40(24(2)22-41)33(42)19-26-18-28(37-34(43)36-27-12-5-4-6-13-27)16-17-31(26)45-32(23)21-39(3)35(44)38-30-15-9-11-25-10-7-8-14-29(25)30/h4-18,23-24,32,41H,19-22H2,1-3H3,(H,38,44)(H2,36,37,43)/t23-,24-,32-/m0/s1. The van der Waals surface area contributed by atoms with Crippen molar-refractivity contribution in [1.82, 2.24) is 9.80 Å². The average molecular weight is 610 g/mol. The lowest BCUT2D eigenvalue weighted by molar-refractivity contribution is -0.134. The molecular weight excluding hydrogens is 570 g/mol. The Kier molecular flexibility index (Phi) is 9.84. The van der Waals surface area contributed by atoms with Crippen LogP contribution in [0.1, 0.15) is 19.4 Å². The summed E-state index contributed by atoms with van der Waals surface area (Å²) in [5.74, 6) is 0.147. The minimum Gasteiger partial charge on any atom is -0.488 e. The predicted molar refractivity (Wildman–Crippen MR) is 177 cm³/mol. The molecule has 5 amide bonds. The van der Waals surface area contributed by atoms with Crippen molar-refractivity contribution >= 4 is 45.8 Å². The first kappa shape index (κ1) is 31.3. The molecule has 4 aromatic carbocycles. The molecule has 0 saturated carbocycles. The molecule has 1 aliphatic heterocycles. The zero-order valence-electron chi connectivity index (χ0n) is 25.7. The number of ether oxygens (including phenoxy) is 1. The van der Waals surface area contributed by atoms with Gasteiger partial charge in [0.25, 0.3) is 0 Å². The Morgan fingerprint density at radius 3 is 2.44 bits per heavy atom.